The Morgan fingerprint density at radius 2 is 1.24 bits per heavy atom. The molecule has 0 fully saturated rings. The van der Waals surface area contributed by atoms with Crippen molar-refractivity contribution in [2.75, 3.05) is 0 Å². The number of furan rings is 1. The maximum Gasteiger partial charge on any atom is 0.144 e. The van der Waals surface area contributed by atoms with Crippen molar-refractivity contribution in [3.63, 3.8) is 0 Å². The quantitative estimate of drug-likeness (QED) is 0.210. The lowest BCUT2D eigenvalue weighted by atomic mass is 9.99. The second kappa shape index (κ2) is 6.27. The van der Waals surface area contributed by atoms with Crippen LogP contribution in [0.2, 0.25) is 0 Å². The average molecular weight is 485 g/mol. The van der Waals surface area contributed by atoms with Gasteiger partial charge in [0.05, 0.1) is 27.6 Å². The van der Waals surface area contributed by atoms with Crippen molar-refractivity contribution in [3.05, 3.63) is 103 Å². The number of rotatable bonds is 0. The van der Waals surface area contributed by atoms with Crippen molar-refractivity contribution in [1.82, 2.24) is 8.97 Å². The Hall–Kier alpha value is -5.02. The minimum atomic E-state index is 0.931. The number of para-hydroxylation sites is 3. The molecule has 10 rings (SSSR count). The second-order valence-corrected chi connectivity index (χ2v) is 10.6. The van der Waals surface area contributed by atoms with Gasteiger partial charge < -0.3 is 13.4 Å². The Balaban J connectivity index is 1.71. The van der Waals surface area contributed by atoms with E-state index in [0.29, 0.717) is 0 Å². The van der Waals surface area contributed by atoms with Crippen LogP contribution in [-0.4, -0.2) is 8.97 Å². The van der Waals surface area contributed by atoms with Gasteiger partial charge in [0.1, 0.15) is 11.2 Å². The maximum absolute atomic E-state index is 6.71. The topological polar surface area (TPSA) is 22.5 Å². The van der Waals surface area contributed by atoms with Gasteiger partial charge in [0.2, 0.25) is 0 Å². The van der Waals surface area contributed by atoms with E-state index in [4.69, 9.17) is 4.42 Å². The molecule has 0 aliphatic heterocycles. The lowest BCUT2D eigenvalue weighted by molar-refractivity contribution is 0.673. The number of aryl methyl sites for hydroxylation is 1. The molecule has 0 unspecified atom stereocenters. The monoisotopic (exact) mass is 484 g/mol. The third-order valence-electron chi connectivity index (χ3n) is 8.80. The van der Waals surface area contributed by atoms with Gasteiger partial charge in [-0.1, -0.05) is 78.9 Å². The maximum atomic E-state index is 6.71. The first kappa shape index (κ1) is 19.1. The average Bonchev–Trinajstić information content (AvgIpc) is 3.57. The Kier molecular flexibility index (Phi) is 3.16. The predicted molar refractivity (Wildman–Crippen MR) is 160 cm³/mol. The van der Waals surface area contributed by atoms with E-state index < -0.39 is 0 Å². The summed E-state index contributed by atoms with van der Waals surface area (Å²) in [6.45, 7) is 0. The zero-order valence-electron chi connectivity index (χ0n) is 20.6. The van der Waals surface area contributed by atoms with Gasteiger partial charge in [-0.25, -0.2) is 0 Å². The molecule has 10 aromatic rings. The first-order chi connectivity index (χ1) is 18.8. The molecule has 0 aliphatic carbocycles. The zero-order valence-corrected chi connectivity index (χ0v) is 20.6. The molecule has 4 heterocycles. The summed E-state index contributed by atoms with van der Waals surface area (Å²) in [5.41, 5.74) is 8.12. The summed E-state index contributed by atoms with van der Waals surface area (Å²) in [5.74, 6) is 0. The molecule has 38 heavy (non-hydrogen) atoms. The zero-order chi connectivity index (χ0) is 24.7. The minimum absolute atomic E-state index is 0.931. The molecular formula is C35H20N2O. The van der Waals surface area contributed by atoms with Crippen LogP contribution in [-0.2, 0) is 7.05 Å². The summed E-state index contributed by atoms with van der Waals surface area (Å²) in [7, 11) is 2.22. The summed E-state index contributed by atoms with van der Waals surface area (Å²) < 4.78 is 11.6. The van der Waals surface area contributed by atoms with Crippen LogP contribution in [0.5, 0.6) is 0 Å². The SMILES string of the molecule is Cn1c2cc3c4ccccc4oc3c3c4cccc5c6ccccc6n(c6cc7ccccc7c1c6c32)c54. The third kappa shape index (κ3) is 2.00. The lowest BCUT2D eigenvalue weighted by Gasteiger charge is -2.07. The molecule has 4 aromatic heterocycles. The number of aromatic nitrogens is 2. The fourth-order valence-electron chi connectivity index (χ4n) is 7.30. The first-order valence-corrected chi connectivity index (χ1v) is 13.1. The number of benzene rings is 6. The number of fused-ring (bicyclic) bond motifs is 11. The van der Waals surface area contributed by atoms with E-state index in [1.54, 1.807) is 0 Å². The third-order valence-corrected chi connectivity index (χ3v) is 8.80. The molecule has 176 valence electrons. The first-order valence-electron chi connectivity index (χ1n) is 13.1. The minimum Gasteiger partial charge on any atom is -0.455 e. The molecule has 0 atom stereocenters. The highest BCUT2D eigenvalue weighted by Crippen LogP contribution is 2.48. The largest absolute Gasteiger partial charge is 0.455 e. The van der Waals surface area contributed by atoms with Gasteiger partial charge in [0.15, 0.2) is 0 Å². The van der Waals surface area contributed by atoms with Gasteiger partial charge in [0.25, 0.3) is 0 Å². The van der Waals surface area contributed by atoms with E-state index in [0.717, 1.165) is 16.6 Å². The molecule has 0 saturated carbocycles. The van der Waals surface area contributed by atoms with E-state index in [1.807, 2.05) is 0 Å². The predicted octanol–water partition coefficient (Wildman–Crippen LogP) is 9.53. The van der Waals surface area contributed by atoms with Crippen LogP contribution in [0.1, 0.15) is 0 Å². The lowest BCUT2D eigenvalue weighted by Crippen LogP contribution is -1.91. The molecule has 0 bridgehead atoms. The summed E-state index contributed by atoms with van der Waals surface area (Å²) in [4.78, 5) is 0. The van der Waals surface area contributed by atoms with E-state index in [1.165, 1.54) is 76.1 Å². The molecule has 6 aromatic carbocycles. The van der Waals surface area contributed by atoms with Crippen molar-refractivity contribution in [1.29, 1.82) is 0 Å². The molecule has 0 aliphatic rings. The van der Waals surface area contributed by atoms with Crippen LogP contribution in [0, 0.1) is 0 Å². The van der Waals surface area contributed by atoms with E-state index in [9.17, 15) is 0 Å². The second-order valence-electron chi connectivity index (χ2n) is 10.6. The van der Waals surface area contributed by atoms with E-state index in [2.05, 4.69) is 119 Å². The van der Waals surface area contributed by atoms with Gasteiger partial charge in [0, 0.05) is 55.5 Å². The molecule has 0 radical (unpaired) electrons. The summed E-state index contributed by atoms with van der Waals surface area (Å²) in [6.07, 6.45) is 0. The van der Waals surface area contributed by atoms with Crippen LogP contribution < -0.4 is 0 Å². The summed E-state index contributed by atoms with van der Waals surface area (Å²) in [6, 6.07) is 37.5. The van der Waals surface area contributed by atoms with Crippen molar-refractivity contribution >= 4 is 92.6 Å². The summed E-state index contributed by atoms with van der Waals surface area (Å²) >= 11 is 0. The Morgan fingerprint density at radius 3 is 2.16 bits per heavy atom. The molecule has 3 heteroatoms. The van der Waals surface area contributed by atoms with Crippen LogP contribution in [0.4, 0.5) is 0 Å². The van der Waals surface area contributed by atoms with Crippen molar-refractivity contribution < 1.29 is 4.42 Å². The number of hydrogen-bond acceptors (Lipinski definition) is 1. The molecule has 3 nitrogen and oxygen atoms in total. The van der Waals surface area contributed by atoms with Crippen molar-refractivity contribution in [3.8, 4) is 0 Å². The fourth-order valence-corrected chi connectivity index (χ4v) is 7.30. The molecular weight excluding hydrogens is 464 g/mol. The van der Waals surface area contributed by atoms with Gasteiger partial charge in [-0.3, -0.25) is 0 Å². The summed E-state index contributed by atoms with van der Waals surface area (Å²) in [5, 5.41) is 12.4. The molecule has 0 spiro atoms. The molecule has 0 N–H and O–H groups in total. The van der Waals surface area contributed by atoms with E-state index in [-0.39, 0.29) is 0 Å². The normalized spacial score (nSPS) is 12.9. The number of nitrogens with zero attached hydrogens (tertiary/aromatic N) is 2. The van der Waals surface area contributed by atoms with Crippen LogP contribution >= 0.6 is 0 Å². The van der Waals surface area contributed by atoms with Crippen molar-refractivity contribution in [2.45, 2.75) is 0 Å². The highest BCUT2D eigenvalue weighted by atomic mass is 16.3. The van der Waals surface area contributed by atoms with Crippen LogP contribution in [0.25, 0.3) is 92.6 Å². The number of hydrogen-bond donors (Lipinski definition) is 0. The van der Waals surface area contributed by atoms with Crippen LogP contribution in [0.15, 0.2) is 108 Å². The van der Waals surface area contributed by atoms with Gasteiger partial charge in [-0.15, -0.1) is 0 Å². The Morgan fingerprint density at radius 1 is 0.500 bits per heavy atom. The van der Waals surface area contributed by atoms with Gasteiger partial charge in [-0.05, 0) is 29.7 Å². The highest BCUT2D eigenvalue weighted by Gasteiger charge is 2.25. The van der Waals surface area contributed by atoms with Crippen molar-refractivity contribution in [2.24, 2.45) is 7.05 Å². The highest BCUT2D eigenvalue weighted by molar-refractivity contribution is 6.39. The fraction of sp³-hybridized carbons (Fsp3) is 0.0286. The smallest absolute Gasteiger partial charge is 0.144 e. The van der Waals surface area contributed by atoms with Crippen LogP contribution in [0.3, 0.4) is 0 Å². The van der Waals surface area contributed by atoms with Gasteiger partial charge in [-0.2, -0.15) is 0 Å². The Bertz CT molecular complexity index is 2630. The molecule has 0 amide bonds. The molecule has 0 saturated heterocycles. The van der Waals surface area contributed by atoms with Gasteiger partial charge >= 0.3 is 0 Å². The Labute approximate surface area is 216 Å². The van der Waals surface area contributed by atoms with E-state index >= 15 is 0 Å². The standard InChI is InChI=1S/C35H20N2O/c1-36-27-18-25-22-12-5-7-16-29(22)38-35(25)30-24-14-8-13-23-21-11-4-6-15-26(21)37(33(23)24)28-17-19-9-2-3-10-20(19)34(36)32(28)31(27)30/h2-18H,1H3.